The maximum atomic E-state index is 12.8. The van der Waals surface area contributed by atoms with Crippen LogP contribution in [0.3, 0.4) is 0 Å². The third kappa shape index (κ3) is 2.96. The first kappa shape index (κ1) is 16.0. The molecule has 1 aliphatic carbocycles. The average Bonchev–Trinajstić information content (AvgIpc) is 2.62. The van der Waals surface area contributed by atoms with Crippen molar-refractivity contribution in [1.29, 1.82) is 0 Å². The molecule has 0 unspecified atom stereocenters. The molecule has 0 bridgehead atoms. The van der Waals surface area contributed by atoms with Crippen molar-refractivity contribution < 1.29 is 0 Å². The molecule has 5 nitrogen and oxygen atoms in total. The topological polar surface area (TPSA) is 60.7 Å². The first-order valence-electron chi connectivity index (χ1n) is 8.27. The second-order valence-electron chi connectivity index (χ2n) is 6.38. The number of hydrogen-bond donors (Lipinski definition) is 0. The molecule has 0 fully saturated rings. The van der Waals surface area contributed by atoms with E-state index in [1.54, 1.807) is 24.7 Å². The summed E-state index contributed by atoms with van der Waals surface area (Å²) in [6.07, 6.45) is 7.35. The Morgan fingerprint density at radius 1 is 1.24 bits per heavy atom. The van der Waals surface area contributed by atoms with Gasteiger partial charge >= 0.3 is 0 Å². The van der Waals surface area contributed by atoms with E-state index in [0.29, 0.717) is 18.3 Å². The van der Waals surface area contributed by atoms with Crippen molar-refractivity contribution in [3.05, 3.63) is 80.5 Å². The predicted molar refractivity (Wildman–Crippen MR) is 96.4 cm³/mol. The van der Waals surface area contributed by atoms with Crippen LogP contribution in [0.4, 0.5) is 0 Å². The van der Waals surface area contributed by atoms with Crippen LogP contribution in [0.15, 0.2) is 47.7 Å². The van der Waals surface area contributed by atoms with Crippen molar-refractivity contribution >= 4 is 11.6 Å². The smallest absolute Gasteiger partial charge is 0.267 e. The number of aryl methyl sites for hydroxylation is 1. The lowest BCUT2D eigenvalue weighted by Crippen LogP contribution is -2.30. The minimum Gasteiger partial charge on any atom is -0.267 e. The Morgan fingerprint density at radius 3 is 2.80 bits per heavy atom. The van der Waals surface area contributed by atoms with Crippen molar-refractivity contribution in [2.75, 3.05) is 0 Å². The van der Waals surface area contributed by atoms with Crippen LogP contribution in [0.5, 0.6) is 0 Å². The van der Waals surface area contributed by atoms with Gasteiger partial charge in [-0.15, -0.1) is 0 Å². The van der Waals surface area contributed by atoms with Gasteiger partial charge in [-0.3, -0.25) is 4.79 Å². The average molecular weight is 353 g/mol. The number of nitrogens with zero attached hydrogens (tertiary/aromatic N) is 4. The lowest BCUT2D eigenvalue weighted by Gasteiger charge is -2.25. The SMILES string of the molecule is Cc1ccc([C@@H]2CCc3c(cnn(-c4ncccn4)c3=O)C2)c(Cl)c1. The molecule has 1 aliphatic rings. The summed E-state index contributed by atoms with van der Waals surface area (Å²) in [6, 6.07) is 7.89. The molecule has 0 aliphatic heterocycles. The molecule has 1 aromatic carbocycles. The molecule has 2 heterocycles. The van der Waals surface area contributed by atoms with Crippen molar-refractivity contribution in [3.8, 4) is 5.95 Å². The van der Waals surface area contributed by atoms with Gasteiger partial charge in [0.25, 0.3) is 11.5 Å². The highest BCUT2D eigenvalue weighted by Crippen LogP contribution is 2.35. The fourth-order valence-corrected chi connectivity index (χ4v) is 3.81. The van der Waals surface area contributed by atoms with Gasteiger partial charge in [0.15, 0.2) is 0 Å². The number of benzene rings is 1. The van der Waals surface area contributed by atoms with Gasteiger partial charge in [-0.05, 0) is 60.9 Å². The summed E-state index contributed by atoms with van der Waals surface area (Å²) in [5.41, 5.74) is 3.97. The van der Waals surface area contributed by atoms with Crippen LogP contribution >= 0.6 is 11.6 Å². The minimum absolute atomic E-state index is 0.128. The molecule has 25 heavy (non-hydrogen) atoms. The lowest BCUT2D eigenvalue weighted by molar-refractivity contribution is 0.566. The number of rotatable bonds is 2. The molecule has 4 rings (SSSR count). The molecule has 6 heteroatoms. The molecular weight excluding hydrogens is 336 g/mol. The highest BCUT2D eigenvalue weighted by atomic mass is 35.5. The molecule has 1 atom stereocenters. The Bertz CT molecular complexity index is 984. The first-order chi connectivity index (χ1) is 12.1. The maximum absolute atomic E-state index is 12.8. The van der Waals surface area contributed by atoms with E-state index < -0.39 is 0 Å². The number of aromatic nitrogens is 4. The molecule has 0 spiro atoms. The van der Waals surface area contributed by atoms with E-state index in [1.165, 1.54) is 4.68 Å². The largest absolute Gasteiger partial charge is 0.277 e. The van der Waals surface area contributed by atoms with Crippen LogP contribution in [-0.4, -0.2) is 19.7 Å². The molecule has 0 saturated heterocycles. The van der Waals surface area contributed by atoms with Gasteiger partial charge in [0, 0.05) is 23.0 Å². The summed E-state index contributed by atoms with van der Waals surface area (Å²) in [5.74, 6) is 0.615. The maximum Gasteiger partial charge on any atom is 0.277 e. The molecular formula is C19H17ClN4O. The Hall–Kier alpha value is -2.53. The monoisotopic (exact) mass is 352 g/mol. The van der Waals surface area contributed by atoms with Crippen LogP contribution in [0.1, 0.15) is 34.6 Å². The Balaban J connectivity index is 1.69. The molecule has 0 N–H and O–H groups in total. The van der Waals surface area contributed by atoms with Gasteiger partial charge in [-0.25, -0.2) is 9.97 Å². The Labute approximate surface area is 150 Å². The van der Waals surface area contributed by atoms with Gasteiger partial charge < -0.3 is 0 Å². The molecule has 3 aromatic rings. The van der Waals surface area contributed by atoms with E-state index in [2.05, 4.69) is 27.2 Å². The van der Waals surface area contributed by atoms with E-state index >= 15 is 0 Å². The van der Waals surface area contributed by atoms with Gasteiger partial charge in [0.1, 0.15) is 0 Å². The van der Waals surface area contributed by atoms with Crippen LogP contribution < -0.4 is 5.56 Å². The summed E-state index contributed by atoms with van der Waals surface area (Å²) in [5, 5.41) is 5.07. The van der Waals surface area contributed by atoms with E-state index in [9.17, 15) is 4.79 Å². The van der Waals surface area contributed by atoms with Crippen LogP contribution in [0.25, 0.3) is 5.95 Å². The third-order valence-corrected chi connectivity index (χ3v) is 5.04. The normalized spacial score (nSPS) is 16.5. The second kappa shape index (κ2) is 6.41. The van der Waals surface area contributed by atoms with Crippen molar-refractivity contribution in [2.45, 2.75) is 32.1 Å². The van der Waals surface area contributed by atoms with Gasteiger partial charge in [0.2, 0.25) is 0 Å². The molecule has 0 saturated carbocycles. The molecule has 126 valence electrons. The van der Waals surface area contributed by atoms with Gasteiger partial charge in [0.05, 0.1) is 6.20 Å². The molecule has 2 aromatic heterocycles. The zero-order chi connectivity index (χ0) is 17.4. The number of hydrogen-bond acceptors (Lipinski definition) is 4. The Kier molecular flexibility index (Phi) is 4.09. The summed E-state index contributed by atoms with van der Waals surface area (Å²) >= 11 is 6.43. The number of halogens is 1. The fourth-order valence-electron chi connectivity index (χ4n) is 3.42. The fraction of sp³-hybridized carbons (Fsp3) is 0.263. The summed E-state index contributed by atoms with van der Waals surface area (Å²) in [4.78, 5) is 21.0. The van der Waals surface area contributed by atoms with E-state index in [1.807, 2.05) is 13.0 Å². The van der Waals surface area contributed by atoms with Crippen molar-refractivity contribution in [3.63, 3.8) is 0 Å². The predicted octanol–water partition coefficient (Wildman–Crippen LogP) is 3.26. The highest BCUT2D eigenvalue weighted by molar-refractivity contribution is 6.31. The summed E-state index contributed by atoms with van der Waals surface area (Å²) in [7, 11) is 0. The van der Waals surface area contributed by atoms with E-state index in [-0.39, 0.29) is 5.56 Å². The number of fused-ring (bicyclic) bond motifs is 1. The van der Waals surface area contributed by atoms with Crippen LogP contribution in [0.2, 0.25) is 5.02 Å². The van der Waals surface area contributed by atoms with Crippen molar-refractivity contribution in [2.24, 2.45) is 0 Å². The summed E-state index contributed by atoms with van der Waals surface area (Å²) in [6.45, 7) is 2.03. The molecule has 0 amide bonds. The second-order valence-corrected chi connectivity index (χ2v) is 6.79. The van der Waals surface area contributed by atoms with Crippen molar-refractivity contribution in [1.82, 2.24) is 19.7 Å². The third-order valence-electron chi connectivity index (χ3n) is 4.71. The first-order valence-corrected chi connectivity index (χ1v) is 8.65. The van der Waals surface area contributed by atoms with Crippen LogP contribution in [0, 0.1) is 6.92 Å². The van der Waals surface area contributed by atoms with E-state index in [0.717, 1.165) is 40.1 Å². The summed E-state index contributed by atoms with van der Waals surface area (Å²) < 4.78 is 1.28. The quantitative estimate of drug-likeness (QED) is 0.710. The standard InChI is InChI=1S/C19H17ClN4O/c1-12-3-5-15(17(20)9-12)13-4-6-16-14(10-13)11-23-24(18(16)25)19-21-7-2-8-22-19/h2-3,5,7-9,11,13H,4,6,10H2,1H3/t13-/m1/s1. The lowest BCUT2D eigenvalue weighted by atomic mass is 9.81. The molecule has 0 radical (unpaired) electrons. The highest BCUT2D eigenvalue weighted by Gasteiger charge is 2.25. The van der Waals surface area contributed by atoms with E-state index in [4.69, 9.17) is 11.6 Å². The Morgan fingerprint density at radius 2 is 2.04 bits per heavy atom. The van der Waals surface area contributed by atoms with Gasteiger partial charge in [-0.2, -0.15) is 9.78 Å². The zero-order valence-corrected chi connectivity index (χ0v) is 14.6. The van der Waals surface area contributed by atoms with Gasteiger partial charge in [-0.1, -0.05) is 23.7 Å². The van der Waals surface area contributed by atoms with Crippen LogP contribution in [-0.2, 0) is 12.8 Å². The minimum atomic E-state index is -0.128. The zero-order valence-electron chi connectivity index (χ0n) is 13.8.